The lowest BCUT2D eigenvalue weighted by atomic mass is 10.1. The van der Waals surface area contributed by atoms with Gasteiger partial charge in [-0.1, -0.05) is 12.5 Å². The minimum absolute atomic E-state index is 0.0620. The van der Waals surface area contributed by atoms with Gasteiger partial charge in [-0.25, -0.2) is 0 Å². The average molecular weight is 312 g/mol. The third-order valence-corrected chi connectivity index (χ3v) is 3.68. The fraction of sp³-hybridized carbons (Fsp3) is 0.688. The molecule has 0 aliphatic carbocycles. The number of pyridine rings is 1. The molecule has 6 nitrogen and oxygen atoms in total. The van der Waals surface area contributed by atoms with Crippen molar-refractivity contribution in [2.75, 3.05) is 39.5 Å². The van der Waals surface area contributed by atoms with Crippen molar-refractivity contribution in [1.82, 2.24) is 9.88 Å². The summed E-state index contributed by atoms with van der Waals surface area (Å²) in [5, 5.41) is 35.3. The van der Waals surface area contributed by atoms with Crippen molar-refractivity contribution in [1.29, 1.82) is 0 Å². The summed E-state index contributed by atoms with van der Waals surface area (Å²) < 4.78 is 0. The van der Waals surface area contributed by atoms with Crippen LogP contribution in [0.5, 0.6) is 0 Å². The van der Waals surface area contributed by atoms with Crippen LogP contribution in [0.25, 0.3) is 0 Å². The Kier molecular flexibility index (Phi) is 9.94. The Bertz CT molecular complexity index is 368. The van der Waals surface area contributed by atoms with Crippen LogP contribution in [0.4, 0.5) is 0 Å². The van der Waals surface area contributed by atoms with E-state index in [9.17, 15) is 0 Å². The second-order valence-electron chi connectivity index (χ2n) is 5.51. The number of nitrogens with zero attached hydrogens (tertiary/aromatic N) is 2. The fourth-order valence-corrected chi connectivity index (χ4v) is 2.36. The van der Waals surface area contributed by atoms with Gasteiger partial charge in [-0.3, -0.25) is 4.98 Å². The molecule has 1 atom stereocenters. The van der Waals surface area contributed by atoms with E-state index in [2.05, 4.69) is 9.88 Å². The van der Waals surface area contributed by atoms with Crippen LogP contribution >= 0.6 is 0 Å². The number of aliphatic hydroxyl groups is 4. The molecule has 1 fully saturated rings. The summed E-state index contributed by atoms with van der Waals surface area (Å²) >= 11 is 0. The molecule has 1 aromatic rings. The molecular formula is C16H28N2O4. The Morgan fingerprint density at radius 2 is 1.68 bits per heavy atom. The van der Waals surface area contributed by atoms with Crippen molar-refractivity contribution in [3.63, 3.8) is 0 Å². The van der Waals surface area contributed by atoms with Gasteiger partial charge >= 0.3 is 0 Å². The van der Waals surface area contributed by atoms with E-state index in [4.69, 9.17) is 20.4 Å². The maximum absolute atomic E-state index is 9.12. The molecule has 0 aromatic carbocycles. The highest BCUT2D eigenvalue weighted by Crippen LogP contribution is 2.10. The van der Waals surface area contributed by atoms with Crippen molar-refractivity contribution >= 4 is 0 Å². The maximum Gasteiger partial charge on any atom is 0.0897 e. The van der Waals surface area contributed by atoms with Gasteiger partial charge in [-0.15, -0.1) is 0 Å². The van der Waals surface area contributed by atoms with Gasteiger partial charge in [0.2, 0.25) is 0 Å². The van der Waals surface area contributed by atoms with Crippen LogP contribution in [0.3, 0.4) is 0 Å². The largest absolute Gasteiger partial charge is 0.396 e. The van der Waals surface area contributed by atoms with Crippen LogP contribution in [0, 0.1) is 0 Å². The summed E-state index contributed by atoms with van der Waals surface area (Å²) in [5.74, 6) is -0.240. The highest BCUT2D eigenvalue weighted by Gasteiger charge is 2.13. The van der Waals surface area contributed by atoms with Crippen molar-refractivity contribution < 1.29 is 20.4 Å². The van der Waals surface area contributed by atoms with Crippen LogP contribution in [-0.2, 0) is 0 Å². The van der Waals surface area contributed by atoms with Crippen LogP contribution in [-0.4, -0.2) is 75.9 Å². The zero-order chi connectivity index (χ0) is 16.2. The second-order valence-corrected chi connectivity index (χ2v) is 5.51. The van der Waals surface area contributed by atoms with Gasteiger partial charge in [0.15, 0.2) is 0 Å². The van der Waals surface area contributed by atoms with E-state index < -0.39 is 6.10 Å². The zero-order valence-corrected chi connectivity index (χ0v) is 13.0. The molecule has 0 spiro atoms. The quantitative estimate of drug-likeness (QED) is 0.589. The van der Waals surface area contributed by atoms with Crippen LogP contribution < -0.4 is 0 Å². The smallest absolute Gasteiger partial charge is 0.0897 e. The minimum atomic E-state index is -0.548. The molecule has 1 aliphatic heterocycles. The zero-order valence-electron chi connectivity index (χ0n) is 13.0. The van der Waals surface area contributed by atoms with Gasteiger partial charge in [0.05, 0.1) is 25.9 Å². The number of likely N-dealkylation sites (tertiary alicyclic amines) is 1. The number of rotatable bonds is 6. The monoisotopic (exact) mass is 312 g/mol. The van der Waals surface area contributed by atoms with Crippen LogP contribution in [0.15, 0.2) is 24.4 Å². The first-order valence-electron chi connectivity index (χ1n) is 7.85. The summed E-state index contributed by atoms with van der Waals surface area (Å²) in [7, 11) is 0. The maximum atomic E-state index is 9.12. The molecule has 0 radical (unpaired) electrons. The van der Waals surface area contributed by atoms with Crippen LogP contribution in [0.1, 0.15) is 30.9 Å². The predicted octanol–water partition coefficient (Wildman–Crippen LogP) is -0.0247. The summed E-state index contributed by atoms with van der Waals surface area (Å²) in [4.78, 5) is 6.21. The first-order valence-corrected chi connectivity index (χ1v) is 7.85. The Morgan fingerprint density at radius 1 is 1.00 bits per heavy atom. The van der Waals surface area contributed by atoms with E-state index in [0.717, 1.165) is 18.8 Å². The SMILES string of the molecule is OCC(CO)c1ccccn1.OCC(O)CN1CCCCC1. The van der Waals surface area contributed by atoms with Crippen molar-refractivity contribution in [2.45, 2.75) is 31.3 Å². The van der Waals surface area contributed by atoms with E-state index in [1.54, 1.807) is 18.3 Å². The topological polar surface area (TPSA) is 97.0 Å². The number of β-amino-alcohol motifs (C(OH)–C–C–N with tert-alkyl or cyclic N) is 1. The summed E-state index contributed by atoms with van der Waals surface area (Å²) in [6.45, 7) is 2.56. The molecule has 0 bridgehead atoms. The molecule has 0 saturated carbocycles. The first-order chi connectivity index (χ1) is 10.7. The fourth-order valence-electron chi connectivity index (χ4n) is 2.36. The Morgan fingerprint density at radius 3 is 2.18 bits per heavy atom. The minimum Gasteiger partial charge on any atom is -0.396 e. The molecule has 1 unspecified atom stereocenters. The van der Waals surface area contributed by atoms with E-state index in [1.807, 2.05) is 6.07 Å². The molecule has 6 heteroatoms. The highest BCUT2D eigenvalue weighted by atomic mass is 16.3. The van der Waals surface area contributed by atoms with Crippen LogP contribution in [0.2, 0.25) is 0 Å². The lowest BCUT2D eigenvalue weighted by molar-refractivity contribution is 0.0533. The standard InChI is InChI=1S/C8H11NO2.C8H17NO2/c10-5-7(6-11)8-3-1-2-4-9-8;10-7-8(11)6-9-4-2-1-3-5-9/h1-4,7,10-11H,5-6H2;8,10-11H,1-7H2. The summed E-state index contributed by atoms with van der Waals surface area (Å²) in [5.41, 5.74) is 0.734. The molecule has 1 aromatic heterocycles. The normalized spacial score (nSPS) is 17.0. The van der Waals surface area contributed by atoms with E-state index in [-0.39, 0.29) is 25.7 Å². The third kappa shape index (κ3) is 7.29. The Balaban J connectivity index is 0.000000220. The lowest BCUT2D eigenvalue weighted by Gasteiger charge is -2.27. The second kappa shape index (κ2) is 11.5. The van der Waals surface area contributed by atoms with Gasteiger partial charge in [-0.2, -0.15) is 0 Å². The number of aromatic nitrogens is 1. The molecule has 0 amide bonds. The van der Waals surface area contributed by atoms with Crippen molar-refractivity contribution in [3.8, 4) is 0 Å². The van der Waals surface area contributed by atoms with Gasteiger partial charge in [-0.05, 0) is 38.1 Å². The highest BCUT2D eigenvalue weighted by molar-refractivity contribution is 5.09. The van der Waals surface area contributed by atoms with E-state index in [1.165, 1.54) is 19.3 Å². The molecule has 2 rings (SSSR count). The number of hydrogen-bond donors (Lipinski definition) is 4. The van der Waals surface area contributed by atoms with Gasteiger partial charge in [0.25, 0.3) is 0 Å². The molecule has 1 saturated heterocycles. The Labute approximate surface area is 132 Å². The number of aliphatic hydroxyl groups excluding tert-OH is 4. The van der Waals surface area contributed by atoms with E-state index in [0.29, 0.717) is 6.54 Å². The van der Waals surface area contributed by atoms with Gasteiger partial charge < -0.3 is 25.3 Å². The third-order valence-electron chi connectivity index (χ3n) is 3.68. The molecule has 1 aliphatic rings. The van der Waals surface area contributed by atoms with E-state index >= 15 is 0 Å². The molecule has 126 valence electrons. The van der Waals surface area contributed by atoms with Gasteiger partial charge in [0.1, 0.15) is 0 Å². The summed E-state index contributed by atoms with van der Waals surface area (Å²) in [6.07, 6.45) is 4.88. The number of hydrogen-bond acceptors (Lipinski definition) is 6. The molecule has 2 heterocycles. The van der Waals surface area contributed by atoms with Gasteiger partial charge in [0, 0.05) is 24.4 Å². The van der Waals surface area contributed by atoms with Crippen molar-refractivity contribution in [3.05, 3.63) is 30.1 Å². The summed E-state index contributed by atoms with van der Waals surface area (Å²) in [6, 6.07) is 5.42. The average Bonchev–Trinajstić information content (AvgIpc) is 2.58. The Hall–Kier alpha value is -1.05. The first kappa shape index (κ1) is 19.0. The predicted molar refractivity (Wildman–Crippen MR) is 84.5 cm³/mol. The number of piperidine rings is 1. The molecule has 4 N–H and O–H groups in total. The van der Waals surface area contributed by atoms with Crippen molar-refractivity contribution in [2.24, 2.45) is 0 Å². The molecular weight excluding hydrogens is 284 g/mol. The molecule has 22 heavy (non-hydrogen) atoms. The lowest BCUT2D eigenvalue weighted by Crippen LogP contribution is -2.37.